The lowest BCUT2D eigenvalue weighted by Gasteiger charge is -2.05. The smallest absolute Gasteiger partial charge is 0.337 e. The van der Waals surface area contributed by atoms with Gasteiger partial charge in [0.15, 0.2) is 0 Å². The Labute approximate surface area is 134 Å². The van der Waals surface area contributed by atoms with Crippen LogP contribution in [0, 0.1) is 0 Å². The van der Waals surface area contributed by atoms with Gasteiger partial charge in [-0.25, -0.2) is 4.79 Å². The van der Waals surface area contributed by atoms with Gasteiger partial charge in [0, 0.05) is 17.4 Å². The molecule has 0 saturated carbocycles. The van der Waals surface area contributed by atoms with Gasteiger partial charge in [-0.15, -0.1) is 11.6 Å². The van der Waals surface area contributed by atoms with Crippen molar-refractivity contribution >= 4 is 29.3 Å². The molecule has 0 radical (unpaired) electrons. The first-order chi connectivity index (χ1) is 10.2. The second-order valence-corrected chi connectivity index (χ2v) is 5.89. The number of halogens is 1. The van der Waals surface area contributed by atoms with Crippen LogP contribution in [-0.4, -0.2) is 13.1 Å². The zero-order valence-electron chi connectivity index (χ0n) is 11.8. The number of ether oxygens (including phenoxy) is 1. The molecule has 2 rings (SSSR count). The fourth-order valence-electron chi connectivity index (χ4n) is 1.92. The number of benzene rings is 2. The number of hydrogen-bond donors (Lipinski definition) is 0. The summed E-state index contributed by atoms with van der Waals surface area (Å²) in [4.78, 5) is 11.5. The van der Waals surface area contributed by atoms with E-state index in [9.17, 15) is 4.79 Å². The van der Waals surface area contributed by atoms with E-state index < -0.39 is 0 Å². The van der Waals surface area contributed by atoms with E-state index in [2.05, 4.69) is 24.3 Å². The molecule has 0 spiro atoms. The van der Waals surface area contributed by atoms with Crippen LogP contribution in [-0.2, 0) is 22.1 Å². The minimum Gasteiger partial charge on any atom is -0.465 e. The van der Waals surface area contributed by atoms with E-state index in [0.717, 1.165) is 22.6 Å². The van der Waals surface area contributed by atoms with Crippen molar-refractivity contribution < 1.29 is 9.53 Å². The fourth-order valence-corrected chi connectivity index (χ4v) is 3.04. The van der Waals surface area contributed by atoms with E-state index in [1.165, 1.54) is 12.7 Å². The third kappa shape index (κ3) is 4.80. The van der Waals surface area contributed by atoms with E-state index in [-0.39, 0.29) is 5.97 Å². The van der Waals surface area contributed by atoms with E-state index in [1.807, 2.05) is 30.0 Å². The van der Waals surface area contributed by atoms with Crippen molar-refractivity contribution in [2.24, 2.45) is 0 Å². The Bertz CT molecular complexity index is 596. The molecule has 0 heterocycles. The van der Waals surface area contributed by atoms with Crippen molar-refractivity contribution in [3.05, 3.63) is 70.8 Å². The highest BCUT2D eigenvalue weighted by atomic mass is 35.5. The summed E-state index contributed by atoms with van der Waals surface area (Å²) in [5, 5.41) is 0. The molecule has 0 aromatic heterocycles. The molecule has 0 N–H and O–H groups in total. The molecular formula is C17H17ClO2S. The first-order valence-electron chi connectivity index (χ1n) is 6.61. The monoisotopic (exact) mass is 320 g/mol. The maximum atomic E-state index is 11.5. The summed E-state index contributed by atoms with van der Waals surface area (Å²) >= 11 is 7.59. The number of rotatable bonds is 6. The number of thioether (sulfide) groups is 1. The van der Waals surface area contributed by atoms with Crippen molar-refractivity contribution in [2.45, 2.75) is 17.4 Å². The van der Waals surface area contributed by atoms with Gasteiger partial charge in [-0.3, -0.25) is 0 Å². The second-order valence-electron chi connectivity index (χ2n) is 4.63. The Morgan fingerprint density at radius 1 is 1.05 bits per heavy atom. The van der Waals surface area contributed by atoms with Gasteiger partial charge in [0.05, 0.1) is 12.7 Å². The van der Waals surface area contributed by atoms with E-state index in [1.54, 1.807) is 6.07 Å². The summed E-state index contributed by atoms with van der Waals surface area (Å²) in [7, 11) is 1.40. The highest BCUT2D eigenvalue weighted by Gasteiger charge is 2.05. The van der Waals surface area contributed by atoms with E-state index >= 15 is 0 Å². The van der Waals surface area contributed by atoms with Crippen molar-refractivity contribution in [3.8, 4) is 0 Å². The lowest BCUT2D eigenvalue weighted by molar-refractivity contribution is 0.0600. The Morgan fingerprint density at radius 3 is 2.38 bits per heavy atom. The van der Waals surface area contributed by atoms with Crippen LogP contribution >= 0.6 is 23.4 Å². The molecule has 2 aromatic carbocycles. The largest absolute Gasteiger partial charge is 0.465 e. The number of alkyl halides is 1. The highest BCUT2D eigenvalue weighted by Crippen LogP contribution is 2.19. The summed E-state index contributed by atoms with van der Waals surface area (Å²) in [5.74, 6) is 2.06. The molecule has 0 aliphatic heterocycles. The van der Waals surface area contributed by atoms with Crippen molar-refractivity contribution in [1.29, 1.82) is 0 Å². The van der Waals surface area contributed by atoms with Gasteiger partial charge in [0.25, 0.3) is 0 Å². The van der Waals surface area contributed by atoms with Crippen LogP contribution in [0.2, 0.25) is 0 Å². The minimum absolute atomic E-state index is 0.293. The maximum absolute atomic E-state index is 11.5. The molecule has 0 amide bonds. The fraction of sp³-hybridized carbons (Fsp3) is 0.235. The molecule has 4 heteroatoms. The summed E-state index contributed by atoms with van der Waals surface area (Å²) in [6, 6.07) is 15.9. The van der Waals surface area contributed by atoms with E-state index in [0.29, 0.717) is 11.4 Å². The van der Waals surface area contributed by atoms with E-state index in [4.69, 9.17) is 16.3 Å². The van der Waals surface area contributed by atoms with Gasteiger partial charge in [-0.2, -0.15) is 11.8 Å². The molecule has 2 nitrogen and oxygen atoms in total. The van der Waals surface area contributed by atoms with Crippen molar-refractivity contribution in [3.63, 3.8) is 0 Å². The average Bonchev–Trinajstić information content (AvgIpc) is 2.55. The molecular weight excluding hydrogens is 304 g/mol. The molecule has 21 heavy (non-hydrogen) atoms. The van der Waals surface area contributed by atoms with Crippen LogP contribution in [0.15, 0.2) is 48.5 Å². The molecule has 0 bridgehead atoms. The van der Waals surface area contributed by atoms with Crippen LogP contribution in [0.25, 0.3) is 0 Å². The third-order valence-corrected chi connectivity index (χ3v) is 4.45. The first-order valence-corrected chi connectivity index (χ1v) is 8.30. The molecule has 110 valence electrons. The minimum atomic E-state index is -0.293. The van der Waals surface area contributed by atoms with Crippen LogP contribution in [0.3, 0.4) is 0 Å². The van der Waals surface area contributed by atoms with Crippen LogP contribution in [0.5, 0.6) is 0 Å². The Kier molecular flexibility index (Phi) is 6.15. The molecule has 0 unspecified atom stereocenters. The first kappa shape index (κ1) is 15.9. The second kappa shape index (κ2) is 8.11. The molecule has 0 fully saturated rings. The lowest BCUT2D eigenvalue weighted by Crippen LogP contribution is -2.01. The Balaban J connectivity index is 1.89. The topological polar surface area (TPSA) is 26.3 Å². The number of hydrogen-bond acceptors (Lipinski definition) is 3. The number of carbonyl (C=O) groups is 1. The average molecular weight is 321 g/mol. The van der Waals surface area contributed by atoms with Gasteiger partial charge in [-0.1, -0.05) is 36.4 Å². The SMILES string of the molecule is COC(=O)c1cccc(CSCc2ccc(CCl)cc2)c1. The highest BCUT2D eigenvalue weighted by molar-refractivity contribution is 7.97. The standard InChI is InChI=1S/C17H17ClO2S/c1-20-17(19)16-4-2-3-15(9-16)12-21-11-14-7-5-13(10-18)6-8-14/h2-9H,10-12H2,1H3. The summed E-state index contributed by atoms with van der Waals surface area (Å²) in [6.07, 6.45) is 0. The molecule has 0 saturated heterocycles. The maximum Gasteiger partial charge on any atom is 0.337 e. The summed E-state index contributed by atoms with van der Waals surface area (Å²) < 4.78 is 4.73. The molecule has 0 atom stereocenters. The van der Waals surface area contributed by atoms with Crippen molar-refractivity contribution in [1.82, 2.24) is 0 Å². The van der Waals surface area contributed by atoms with Crippen molar-refractivity contribution in [2.75, 3.05) is 7.11 Å². The predicted molar refractivity (Wildman–Crippen MR) is 88.8 cm³/mol. The lowest BCUT2D eigenvalue weighted by atomic mass is 10.1. The summed E-state index contributed by atoms with van der Waals surface area (Å²) in [5.41, 5.74) is 4.14. The van der Waals surface area contributed by atoms with Crippen LogP contribution in [0.4, 0.5) is 0 Å². The summed E-state index contributed by atoms with van der Waals surface area (Å²) in [6.45, 7) is 0. The Hall–Kier alpha value is -1.45. The predicted octanol–water partition coefficient (Wildman–Crippen LogP) is 4.65. The van der Waals surface area contributed by atoms with Gasteiger partial charge in [0.2, 0.25) is 0 Å². The molecule has 0 aliphatic rings. The van der Waals surface area contributed by atoms with Gasteiger partial charge < -0.3 is 4.74 Å². The normalized spacial score (nSPS) is 10.4. The van der Waals surface area contributed by atoms with Crippen LogP contribution < -0.4 is 0 Å². The van der Waals surface area contributed by atoms with Gasteiger partial charge >= 0.3 is 5.97 Å². The zero-order valence-corrected chi connectivity index (χ0v) is 13.4. The van der Waals surface area contributed by atoms with Gasteiger partial charge in [-0.05, 0) is 28.8 Å². The van der Waals surface area contributed by atoms with Gasteiger partial charge in [0.1, 0.15) is 0 Å². The number of esters is 1. The number of carbonyl (C=O) groups excluding carboxylic acids is 1. The Morgan fingerprint density at radius 2 is 1.71 bits per heavy atom. The number of methoxy groups -OCH3 is 1. The third-order valence-electron chi connectivity index (χ3n) is 3.06. The quantitative estimate of drug-likeness (QED) is 0.572. The molecule has 2 aromatic rings. The molecule has 0 aliphatic carbocycles. The zero-order chi connectivity index (χ0) is 15.1. The van der Waals surface area contributed by atoms with Crippen LogP contribution in [0.1, 0.15) is 27.0 Å².